The van der Waals surface area contributed by atoms with Crippen molar-refractivity contribution in [2.75, 3.05) is 19.0 Å². The molecule has 1 saturated carbocycles. The van der Waals surface area contributed by atoms with Crippen molar-refractivity contribution in [2.24, 2.45) is 16.0 Å². The Morgan fingerprint density at radius 3 is 2.81 bits per heavy atom. The standard InChI is InChI=1S/C20H25N5O6S/c1-30-17-4-2-3-11(8-26)18(17)14-7-15-19(25-14)20(23-10-22-15)24-13-5-12(16(27)6-13)9-31-32(21,28)29/h2-4,10,12-13,16,26-27H,5-9H2,1H3,(H2,21,28,29)(H,22,23,24)/t12-,13+,16-/m0/s1. The molecule has 0 bridgehead atoms. The predicted octanol–water partition coefficient (Wildman–Crippen LogP) is 0.426. The van der Waals surface area contributed by atoms with Crippen LogP contribution in [0, 0.1) is 5.92 Å². The molecule has 2 aliphatic rings. The lowest BCUT2D eigenvalue weighted by Crippen LogP contribution is -2.24. The molecule has 2 aromatic rings. The van der Waals surface area contributed by atoms with E-state index in [-0.39, 0.29) is 25.2 Å². The third-order valence-electron chi connectivity index (χ3n) is 5.72. The van der Waals surface area contributed by atoms with Gasteiger partial charge in [-0.25, -0.2) is 20.1 Å². The fourth-order valence-corrected chi connectivity index (χ4v) is 4.59. The third kappa shape index (κ3) is 4.74. The van der Waals surface area contributed by atoms with E-state index in [1.807, 2.05) is 18.2 Å². The van der Waals surface area contributed by atoms with Crippen molar-refractivity contribution in [1.82, 2.24) is 9.97 Å². The molecule has 172 valence electrons. The van der Waals surface area contributed by atoms with E-state index in [2.05, 4.69) is 19.5 Å². The number of ether oxygens (including phenoxy) is 1. The number of nitrogens with two attached hydrogens (primary N) is 1. The molecule has 0 saturated heterocycles. The molecule has 1 aromatic carbocycles. The van der Waals surface area contributed by atoms with E-state index in [1.54, 1.807) is 7.11 Å². The Kier molecular flexibility index (Phi) is 6.40. The summed E-state index contributed by atoms with van der Waals surface area (Å²) < 4.78 is 32.2. The number of hydrogen-bond donors (Lipinski definition) is 4. The fraction of sp³-hybridized carbons (Fsp3) is 0.450. The number of benzene rings is 1. The first kappa shape index (κ1) is 22.6. The summed E-state index contributed by atoms with van der Waals surface area (Å²) in [6, 6.07) is 5.29. The zero-order valence-electron chi connectivity index (χ0n) is 17.4. The lowest BCUT2D eigenvalue weighted by molar-refractivity contribution is 0.101. The van der Waals surface area contributed by atoms with Gasteiger partial charge in [0.1, 0.15) is 17.8 Å². The van der Waals surface area contributed by atoms with Gasteiger partial charge in [0.25, 0.3) is 0 Å². The van der Waals surface area contributed by atoms with Crippen molar-refractivity contribution in [3.63, 3.8) is 0 Å². The Morgan fingerprint density at radius 2 is 2.09 bits per heavy atom. The number of methoxy groups -OCH3 is 1. The first-order chi connectivity index (χ1) is 15.3. The zero-order chi connectivity index (χ0) is 22.9. The minimum Gasteiger partial charge on any atom is -0.496 e. The summed E-state index contributed by atoms with van der Waals surface area (Å²) in [5, 5.41) is 28.2. The number of aliphatic imine (C=N–C) groups is 1. The smallest absolute Gasteiger partial charge is 0.333 e. The highest BCUT2D eigenvalue weighted by atomic mass is 32.2. The van der Waals surface area contributed by atoms with E-state index in [1.165, 1.54) is 6.33 Å². The molecule has 1 fully saturated rings. The van der Waals surface area contributed by atoms with Crippen LogP contribution in [0.1, 0.15) is 29.7 Å². The zero-order valence-corrected chi connectivity index (χ0v) is 18.2. The first-order valence-corrected chi connectivity index (χ1v) is 11.6. The number of anilines is 1. The van der Waals surface area contributed by atoms with Gasteiger partial charge in [-0.3, -0.25) is 4.18 Å². The monoisotopic (exact) mass is 463 g/mol. The highest BCUT2D eigenvalue weighted by Gasteiger charge is 2.35. The van der Waals surface area contributed by atoms with E-state index in [4.69, 9.17) is 14.9 Å². The van der Waals surface area contributed by atoms with Crippen LogP contribution in [0.25, 0.3) is 0 Å². The SMILES string of the molecule is COc1cccc(CO)c1C1=Nc2c(ncnc2N[C@@H]2C[C@@H](COS(N)(=O)=O)[C@@H](O)C2)C1. The number of aromatic nitrogens is 2. The maximum Gasteiger partial charge on any atom is 0.333 e. The third-order valence-corrected chi connectivity index (χ3v) is 6.18. The molecule has 12 heteroatoms. The molecule has 4 rings (SSSR count). The molecule has 32 heavy (non-hydrogen) atoms. The Balaban J connectivity index is 1.55. The van der Waals surface area contributed by atoms with Crippen molar-refractivity contribution in [3.05, 3.63) is 41.3 Å². The Labute approximate surface area is 185 Å². The van der Waals surface area contributed by atoms with Crippen molar-refractivity contribution >= 4 is 27.5 Å². The number of nitrogens with one attached hydrogen (secondary N) is 1. The van der Waals surface area contributed by atoms with Gasteiger partial charge in [-0.2, -0.15) is 8.42 Å². The lowest BCUT2D eigenvalue weighted by Gasteiger charge is -2.15. The molecule has 0 radical (unpaired) electrons. The topological polar surface area (TPSA) is 169 Å². The second kappa shape index (κ2) is 9.08. The average Bonchev–Trinajstić information content (AvgIpc) is 3.34. The molecule has 1 aliphatic heterocycles. The first-order valence-electron chi connectivity index (χ1n) is 10.1. The normalized spacial score (nSPS) is 22.5. The quantitative estimate of drug-likeness (QED) is 0.433. The van der Waals surface area contributed by atoms with Crippen LogP contribution < -0.4 is 15.2 Å². The molecule has 1 aromatic heterocycles. The molecule has 2 heterocycles. The predicted molar refractivity (Wildman–Crippen MR) is 116 cm³/mol. The average molecular weight is 464 g/mol. The molecule has 0 unspecified atom stereocenters. The van der Waals surface area contributed by atoms with Crippen LogP contribution >= 0.6 is 0 Å². The Hall–Kier alpha value is -2.64. The van der Waals surface area contributed by atoms with Crippen molar-refractivity contribution in [3.8, 4) is 5.75 Å². The summed E-state index contributed by atoms with van der Waals surface area (Å²) in [7, 11) is -2.50. The summed E-state index contributed by atoms with van der Waals surface area (Å²) in [5.41, 5.74) is 3.49. The van der Waals surface area contributed by atoms with Crippen LogP contribution in [-0.4, -0.2) is 60.2 Å². The van der Waals surface area contributed by atoms with E-state index in [9.17, 15) is 18.6 Å². The van der Waals surface area contributed by atoms with Gasteiger partial charge >= 0.3 is 10.3 Å². The minimum atomic E-state index is -4.06. The van der Waals surface area contributed by atoms with Gasteiger partial charge in [-0.15, -0.1) is 0 Å². The Bertz CT molecular complexity index is 1120. The molecule has 11 nitrogen and oxygen atoms in total. The van der Waals surface area contributed by atoms with Gasteiger partial charge in [-0.05, 0) is 24.5 Å². The lowest BCUT2D eigenvalue weighted by atomic mass is 10.00. The molecule has 3 atom stereocenters. The molecular formula is C20H25N5O6S. The van der Waals surface area contributed by atoms with Gasteiger partial charge in [0.15, 0.2) is 5.82 Å². The molecule has 5 N–H and O–H groups in total. The van der Waals surface area contributed by atoms with Crippen LogP contribution in [0.3, 0.4) is 0 Å². The highest BCUT2D eigenvalue weighted by molar-refractivity contribution is 7.84. The summed E-state index contributed by atoms with van der Waals surface area (Å²) in [5.74, 6) is 0.762. The molecular weight excluding hydrogens is 438 g/mol. The summed E-state index contributed by atoms with van der Waals surface area (Å²) >= 11 is 0. The van der Waals surface area contributed by atoms with Gasteiger partial charge in [0.05, 0.1) is 37.8 Å². The Morgan fingerprint density at radius 1 is 1.28 bits per heavy atom. The van der Waals surface area contributed by atoms with Crippen molar-refractivity contribution in [2.45, 2.75) is 38.0 Å². The van der Waals surface area contributed by atoms with Crippen molar-refractivity contribution in [1.29, 1.82) is 0 Å². The minimum absolute atomic E-state index is 0.152. The number of fused-ring (bicyclic) bond motifs is 1. The maximum absolute atomic E-state index is 11.0. The van der Waals surface area contributed by atoms with Crippen LogP contribution in [0.4, 0.5) is 11.5 Å². The van der Waals surface area contributed by atoms with Crippen LogP contribution in [0.5, 0.6) is 5.75 Å². The molecule has 1 aliphatic carbocycles. The van der Waals surface area contributed by atoms with E-state index >= 15 is 0 Å². The number of aliphatic hydroxyl groups excluding tert-OH is 2. The van der Waals surface area contributed by atoms with E-state index in [0.29, 0.717) is 42.1 Å². The largest absolute Gasteiger partial charge is 0.496 e. The van der Waals surface area contributed by atoms with Crippen LogP contribution in [0.2, 0.25) is 0 Å². The highest BCUT2D eigenvalue weighted by Crippen LogP contribution is 2.38. The molecule has 0 amide bonds. The molecule has 0 spiro atoms. The van der Waals surface area contributed by atoms with Crippen LogP contribution in [0.15, 0.2) is 29.5 Å². The number of hydrogen-bond acceptors (Lipinski definition) is 10. The second-order valence-corrected chi connectivity index (χ2v) is 9.04. The van der Waals surface area contributed by atoms with Gasteiger partial charge < -0.3 is 20.3 Å². The van der Waals surface area contributed by atoms with Gasteiger partial charge in [0, 0.05) is 23.9 Å². The summed E-state index contributed by atoms with van der Waals surface area (Å²) in [6.45, 7) is -0.333. The van der Waals surface area contributed by atoms with Crippen LogP contribution in [-0.2, 0) is 27.5 Å². The number of nitrogens with zero attached hydrogens (tertiary/aromatic N) is 3. The van der Waals surface area contributed by atoms with Crippen molar-refractivity contribution < 1.29 is 27.6 Å². The van der Waals surface area contributed by atoms with E-state index < -0.39 is 16.4 Å². The van der Waals surface area contributed by atoms with Gasteiger partial charge in [0.2, 0.25) is 0 Å². The summed E-state index contributed by atoms with van der Waals surface area (Å²) in [4.78, 5) is 13.4. The fourth-order valence-electron chi connectivity index (χ4n) is 4.23. The van der Waals surface area contributed by atoms with E-state index in [0.717, 1.165) is 17.0 Å². The van der Waals surface area contributed by atoms with Gasteiger partial charge in [-0.1, -0.05) is 12.1 Å². The number of aliphatic hydroxyl groups is 2. The second-order valence-electron chi connectivity index (χ2n) is 7.82. The maximum atomic E-state index is 11.0. The number of rotatable bonds is 8. The summed E-state index contributed by atoms with van der Waals surface area (Å²) in [6.07, 6.45) is 2.05.